The van der Waals surface area contributed by atoms with Gasteiger partial charge in [0.15, 0.2) is 6.10 Å². The summed E-state index contributed by atoms with van der Waals surface area (Å²) in [5.41, 5.74) is 1.06. The molecule has 1 aromatic rings. The third-order valence-corrected chi connectivity index (χ3v) is 2.91. The minimum absolute atomic E-state index is 0.321. The molecule has 0 fully saturated rings. The molecule has 100 valence electrons. The molecule has 1 atom stereocenters. The fourth-order valence-electron chi connectivity index (χ4n) is 1.84. The zero-order chi connectivity index (χ0) is 13.5. The molecule has 3 heteroatoms. The van der Waals surface area contributed by atoms with Crippen LogP contribution in [0.2, 0.25) is 0 Å². The van der Waals surface area contributed by atoms with Crippen LogP contribution in [0.3, 0.4) is 0 Å². The average molecular weight is 250 g/mol. The van der Waals surface area contributed by atoms with E-state index in [4.69, 9.17) is 9.84 Å². The number of carboxylic acid groups (broad SMARTS) is 1. The molecule has 0 saturated heterocycles. The molecule has 0 aliphatic heterocycles. The van der Waals surface area contributed by atoms with E-state index in [-0.39, 0.29) is 0 Å². The normalized spacial score (nSPS) is 12.4. The van der Waals surface area contributed by atoms with Crippen LogP contribution in [0.4, 0.5) is 0 Å². The van der Waals surface area contributed by atoms with Crippen molar-refractivity contribution in [2.75, 3.05) is 0 Å². The molecule has 0 spiro atoms. The van der Waals surface area contributed by atoms with Crippen molar-refractivity contribution in [3.63, 3.8) is 0 Å². The van der Waals surface area contributed by atoms with E-state index in [1.165, 1.54) is 0 Å². The van der Waals surface area contributed by atoms with Crippen LogP contribution in [0.5, 0.6) is 5.75 Å². The molecule has 0 aromatic heterocycles. The Hall–Kier alpha value is -1.51. The molecule has 0 saturated carbocycles. The molecule has 1 rings (SSSR count). The van der Waals surface area contributed by atoms with Gasteiger partial charge in [0.2, 0.25) is 0 Å². The number of benzene rings is 1. The second-order valence-electron chi connectivity index (χ2n) is 4.78. The van der Waals surface area contributed by atoms with Crippen molar-refractivity contribution >= 4 is 5.97 Å². The number of carbonyl (C=O) groups is 1. The molecule has 18 heavy (non-hydrogen) atoms. The highest BCUT2D eigenvalue weighted by atomic mass is 16.5. The molecule has 1 aromatic carbocycles. The molecule has 0 amide bonds. The van der Waals surface area contributed by atoms with E-state index in [9.17, 15) is 4.79 Å². The number of hydrogen-bond acceptors (Lipinski definition) is 2. The van der Waals surface area contributed by atoms with Crippen molar-refractivity contribution in [2.24, 2.45) is 0 Å². The molecule has 0 bridgehead atoms. The smallest absolute Gasteiger partial charge is 0.344 e. The van der Waals surface area contributed by atoms with Gasteiger partial charge in [-0.05, 0) is 30.4 Å². The Bertz CT molecular complexity index is 385. The summed E-state index contributed by atoms with van der Waals surface area (Å²) >= 11 is 0. The lowest BCUT2D eigenvalue weighted by atomic mass is 10.0. The molecular formula is C15H22O3. The van der Waals surface area contributed by atoms with Crippen molar-refractivity contribution in [1.29, 1.82) is 0 Å². The molecule has 0 radical (unpaired) electrons. The fraction of sp³-hybridized carbons (Fsp3) is 0.533. The van der Waals surface area contributed by atoms with E-state index >= 15 is 0 Å². The van der Waals surface area contributed by atoms with Crippen LogP contribution in [0.1, 0.15) is 51.5 Å². The third-order valence-electron chi connectivity index (χ3n) is 2.91. The summed E-state index contributed by atoms with van der Waals surface area (Å²) in [7, 11) is 0. The van der Waals surface area contributed by atoms with Gasteiger partial charge < -0.3 is 9.84 Å². The van der Waals surface area contributed by atoms with E-state index < -0.39 is 12.1 Å². The van der Waals surface area contributed by atoms with Gasteiger partial charge >= 0.3 is 5.97 Å². The van der Waals surface area contributed by atoms with Crippen molar-refractivity contribution in [3.05, 3.63) is 29.8 Å². The largest absolute Gasteiger partial charge is 0.479 e. The summed E-state index contributed by atoms with van der Waals surface area (Å²) < 4.78 is 5.67. The molecule has 0 aliphatic carbocycles. The van der Waals surface area contributed by atoms with E-state index in [0.29, 0.717) is 18.1 Å². The van der Waals surface area contributed by atoms with Gasteiger partial charge in [-0.2, -0.15) is 0 Å². The maximum atomic E-state index is 11.2. The third kappa shape index (κ3) is 4.06. The van der Waals surface area contributed by atoms with Gasteiger partial charge in [-0.3, -0.25) is 0 Å². The summed E-state index contributed by atoms with van der Waals surface area (Å²) in [6, 6.07) is 7.65. The number of rotatable bonds is 7. The Morgan fingerprint density at radius 1 is 1.33 bits per heavy atom. The van der Waals surface area contributed by atoms with Crippen LogP contribution in [-0.2, 0) is 4.79 Å². The molecule has 1 unspecified atom stereocenters. The number of ether oxygens (including phenoxy) is 1. The first-order valence-electron chi connectivity index (χ1n) is 6.54. The summed E-state index contributed by atoms with van der Waals surface area (Å²) in [4.78, 5) is 11.2. The van der Waals surface area contributed by atoms with Gasteiger partial charge in [-0.25, -0.2) is 4.79 Å². The number of carboxylic acids is 1. The van der Waals surface area contributed by atoms with Crippen LogP contribution in [-0.4, -0.2) is 17.2 Å². The Labute approximate surface area is 109 Å². The van der Waals surface area contributed by atoms with Crippen LogP contribution in [0.25, 0.3) is 0 Å². The van der Waals surface area contributed by atoms with Gasteiger partial charge in [-0.1, -0.05) is 45.4 Å². The van der Waals surface area contributed by atoms with Gasteiger partial charge in [-0.15, -0.1) is 0 Å². The lowest BCUT2D eigenvalue weighted by Crippen LogP contribution is -2.27. The Balaban J connectivity index is 2.83. The lowest BCUT2D eigenvalue weighted by molar-refractivity contribution is -0.145. The van der Waals surface area contributed by atoms with E-state index in [1.54, 1.807) is 0 Å². The number of aliphatic carboxylic acids is 1. The molecule has 3 nitrogen and oxygen atoms in total. The van der Waals surface area contributed by atoms with E-state index in [0.717, 1.165) is 18.4 Å². The monoisotopic (exact) mass is 250 g/mol. The second-order valence-corrected chi connectivity index (χ2v) is 4.78. The molecule has 1 N–H and O–H groups in total. The number of unbranched alkanes of at least 4 members (excludes halogenated alkanes) is 1. The zero-order valence-corrected chi connectivity index (χ0v) is 11.3. The van der Waals surface area contributed by atoms with Gasteiger partial charge in [0.05, 0.1) is 0 Å². The first-order chi connectivity index (χ1) is 8.56. The molecule has 0 heterocycles. The summed E-state index contributed by atoms with van der Waals surface area (Å²) in [6.07, 6.45) is 1.64. The summed E-state index contributed by atoms with van der Waals surface area (Å²) in [5.74, 6) is 0.125. The van der Waals surface area contributed by atoms with Crippen LogP contribution in [0, 0.1) is 0 Å². The van der Waals surface area contributed by atoms with E-state index in [2.05, 4.69) is 13.8 Å². The molecular weight excluding hydrogens is 228 g/mol. The number of hydrogen-bond donors (Lipinski definition) is 1. The first-order valence-corrected chi connectivity index (χ1v) is 6.54. The van der Waals surface area contributed by atoms with E-state index in [1.807, 2.05) is 31.2 Å². The van der Waals surface area contributed by atoms with Crippen LogP contribution in [0.15, 0.2) is 24.3 Å². The maximum absolute atomic E-state index is 11.2. The highest BCUT2D eigenvalue weighted by molar-refractivity contribution is 5.72. The number of para-hydroxylation sites is 1. The first kappa shape index (κ1) is 14.6. The quantitative estimate of drug-likeness (QED) is 0.800. The van der Waals surface area contributed by atoms with Gasteiger partial charge in [0.1, 0.15) is 5.75 Å². The Kier molecular flexibility index (Phi) is 5.69. The van der Waals surface area contributed by atoms with Crippen molar-refractivity contribution in [3.8, 4) is 5.75 Å². The predicted octanol–water partition coefficient (Wildman–Crippen LogP) is 3.83. The van der Waals surface area contributed by atoms with Crippen molar-refractivity contribution < 1.29 is 14.6 Å². The summed E-state index contributed by atoms with van der Waals surface area (Å²) in [6.45, 7) is 6.19. The van der Waals surface area contributed by atoms with Gasteiger partial charge in [0.25, 0.3) is 0 Å². The predicted molar refractivity (Wildman–Crippen MR) is 72.1 cm³/mol. The Morgan fingerprint density at radius 2 is 2.00 bits per heavy atom. The van der Waals surface area contributed by atoms with Gasteiger partial charge in [0, 0.05) is 0 Å². The lowest BCUT2D eigenvalue weighted by Gasteiger charge is -2.18. The standard InChI is InChI=1S/C15H22O3/c1-4-5-9-14(15(16)17)18-13-10-7-6-8-12(13)11(2)3/h6-8,10-11,14H,4-5,9H2,1-3H3,(H,16,17). The minimum atomic E-state index is -0.887. The van der Waals surface area contributed by atoms with Crippen LogP contribution >= 0.6 is 0 Å². The maximum Gasteiger partial charge on any atom is 0.344 e. The van der Waals surface area contributed by atoms with Crippen molar-refractivity contribution in [1.82, 2.24) is 0 Å². The van der Waals surface area contributed by atoms with Crippen molar-refractivity contribution in [2.45, 2.75) is 52.1 Å². The van der Waals surface area contributed by atoms with Crippen LogP contribution < -0.4 is 4.74 Å². The molecule has 0 aliphatic rings. The highest BCUT2D eigenvalue weighted by Crippen LogP contribution is 2.27. The SMILES string of the molecule is CCCCC(Oc1ccccc1C(C)C)C(=O)O. The Morgan fingerprint density at radius 3 is 2.56 bits per heavy atom. The topological polar surface area (TPSA) is 46.5 Å². The average Bonchev–Trinajstić information content (AvgIpc) is 2.34. The highest BCUT2D eigenvalue weighted by Gasteiger charge is 2.20. The summed E-state index contributed by atoms with van der Waals surface area (Å²) in [5, 5.41) is 9.17. The minimum Gasteiger partial charge on any atom is -0.479 e. The zero-order valence-electron chi connectivity index (χ0n) is 11.3. The second kappa shape index (κ2) is 7.04. The fourth-order valence-corrected chi connectivity index (χ4v) is 1.84.